The summed E-state index contributed by atoms with van der Waals surface area (Å²) in [5.74, 6) is -0.460. The standard InChI is InChI=1S/C20H36FNO.CH3F/c1-3-4-5-6-7-8-9-10-11-12-13-19(21)20(23)22-18-15-14-17(2)16-18;1-2/h13,17-18H,3-12,14-16H2,1-2H3,(H,22,23);1H3/b19-13-;/t17-,18+;/m0./s1. The number of halogens is 2. The number of alkyl halides is 1. The predicted octanol–water partition coefficient (Wildman–Crippen LogP) is 6.65. The molecule has 1 aliphatic rings. The second kappa shape index (κ2) is 16.5. The molecule has 0 aromatic rings. The molecule has 1 N–H and O–H groups in total. The fourth-order valence-electron chi connectivity index (χ4n) is 3.37. The van der Waals surface area contributed by atoms with Crippen LogP contribution < -0.4 is 5.32 Å². The van der Waals surface area contributed by atoms with Crippen molar-refractivity contribution in [3.63, 3.8) is 0 Å². The summed E-state index contributed by atoms with van der Waals surface area (Å²) in [4.78, 5) is 11.7. The molecule has 148 valence electrons. The van der Waals surface area contributed by atoms with Crippen LogP contribution >= 0.6 is 0 Å². The summed E-state index contributed by atoms with van der Waals surface area (Å²) in [6.07, 6.45) is 16.6. The zero-order valence-electron chi connectivity index (χ0n) is 16.6. The van der Waals surface area contributed by atoms with E-state index in [0.717, 1.165) is 32.1 Å². The number of allylic oxidation sites excluding steroid dienone is 1. The average molecular weight is 360 g/mol. The first-order valence-electron chi connectivity index (χ1n) is 10.2. The minimum absolute atomic E-state index is 0.171. The monoisotopic (exact) mass is 359 g/mol. The molecule has 0 unspecified atom stereocenters. The topological polar surface area (TPSA) is 29.1 Å². The lowest BCUT2D eigenvalue weighted by atomic mass is 10.1. The Morgan fingerprint density at radius 3 is 2.08 bits per heavy atom. The summed E-state index contributed by atoms with van der Waals surface area (Å²) in [6.45, 7) is 4.42. The SMILES string of the molecule is CCCCCCCCCCC/C=C(\F)C(=O)N[C@@H]1CC[C@H](C)C1.CF. The van der Waals surface area contributed by atoms with E-state index in [1.807, 2.05) is 0 Å². The number of rotatable bonds is 12. The maximum Gasteiger partial charge on any atom is 0.279 e. The van der Waals surface area contributed by atoms with Crippen LogP contribution in [-0.4, -0.2) is 19.1 Å². The second-order valence-electron chi connectivity index (χ2n) is 7.26. The fraction of sp³-hybridized carbons (Fsp3) is 0.857. The lowest BCUT2D eigenvalue weighted by Crippen LogP contribution is -2.33. The van der Waals surface area contributed by atoms with Gasteiger partial charge in [0.05, 0.1) is 7.18 Å². The molecule has 1 amide bonds. The molecule has 0 saturated heterocycles. The summed E-state index contributed by atoms with van der Waals surface area (Å²) in [5.41, 5.74) is 0. The molecule has 0 aliphatic heterocycles. The normalized spacial score (nSPS) is 20.1. The Hall–Kier alpha value is -0.930. The Balaban J connectivity index is 0.00000277. The highest BCUT2D eigenvalue weighted by atomic mass is 19.1. The second-order valence-corrected chi connectivity index (χ2v) is 7.26. The number of hydrogen-bond donors (Lipinski definition) is 1. The number of carbonyl (C=O) groups excluding carboxylic acids is 1. The first kappa shape index (κ1) is 24.1. The van der Waals surface area contributed by atoms with Crippen LogP contribution in [0.15, 0.2) is 11.9 Å². The van der Waals surface area contributed by atoms with Gasteiger partial charge >= 0.3 is 0 Å². The van der Waals surface area contributed by atoms with Crippen LogP contribution in [0, 0.1) is 5.92 Å². The highest BCUT2D eigenvalue weighted by Crippen LogP contribution is 2.24. The quantitative estimate of drug-likeness (QED) is 0.307. The van der Waals surface area contributed by atoms with Gasteiger partial charge in [-0.25, -0.2) is 4.39 Å². The Morgan fingerprint density at radius 1 is 1.00 bits per heavy atom. The maximum atomic E-state index is 13.7. The first-order chi connectivity index (χ1) is 12.1. The van der Waals surface area contributed by atoms with E-state index in [0.29, 0.717) is 19.5 Å². The van der Waals surface area contributed by atoms with Gasteiger partial charge in [0.15, 0.2) is 5.83 Å². The maximum absolute atomic E-state index is 13.7. The minimum atomic E-state index is -0.593. The number of unbranched alkanes of at least 4 members (excludes halogenated alkanes) is 9. The molecule has 0 aromatic carbocycles. The van der Waals surface area contributed by atoms with Gasteiger partial charge in [-0.1, -0.05) is 65.2 Å². The van der Waals surface area contributed by atoms with Crippen LogP contribution in [0.3, 0.4) is 0 Å². The van der Waals surface area contributed by atoms with Crippen LogP contribution in [0.25, 0.3) is 0 Å². The highest BCUT2D eigenvalue weighted by Gasteiger charge is 2.23. The van der Waals surface area contributed by atoms with Gasteiger partial charge in [0.1, 0.15) is 0 Å². The fourth-order valence-corrected chi connectivity index (χ4v) is 3.37. The number of hydrogen-bond acceptors (Lipinski definition) is 1. The molecule has 0 spiro atoms. The summed E-state index contributed by atoms with van der Waals surface area (Å²) in [7, 11) is 0.500. The third kappa shape index (κ3) is 13.0. The van der Waals surface area contributed by atoms with Gasteiger partial charge in [-0.15, -0.1) is 0 Å². The summed E-state index contributed by atoms with van der Waals surface area (Å²) >= 11 is 0. The van der Waals surface area contributed by atoms with Crippen LogP contribution in [0.1, 0.15) is 97.3 Å². The summed E-state index contributed by atoms with van der Waals surface area (Å²) < 4.78 is 23.2. The van der Waals surface area contributed by atoms with Crippen molar-refractivity contribution in [2.45, 2.75) is 103 Å². The van der Waals surface area contributed by atoms with E-state index < -0.39 is 11.7 Å². The van der Waals surface area contributed by atoms with Gasteiger partial charge in [-0.3, -0.25) is 9.18 Å². The van der Waals surface area contributed by atoms with E-state index in [-0.39, 0.29) is 6.04 Å². The third-order valence-corrected chi connectivity index (χ3v) is 4.88. The minimum Gasteiger partial charge on any atom is -0.347 e. The zero-order valence-corrected chi connectivity index (χ0v) is 16.6. The molecule has 1 rings (SSSR count). The zero-order chi connectivity index (χ0) is 18.9. The number of carbonyl (C=O) groups is 1. The van der Waals surface area contributed by atoms with E-state index in [9.17, 15) is 13.6 Å². The van der Waals surface area contributed by atoms with Crippen LogP contribution in [-0.2, 0) is 4.79 Å². The van der Waals surface area contributed by atoms with E-state index in [1.54, 1.807) is 0 Å². The average Bonchev–Trinajstić information content (AvgIpc) is 3.03. The third-order valence-electron chi connectivity index (χ3n) is 4.88. The van der Waals surface area contributed by atoms with Crippen molar-refractivity contribution in [2.75, 3.05) is 7.18 Å². The van der Waals surface area contributed by atoms with Crippen LogP contribution in [0.2, 0.25) is 0 Å². The molecule has 0 heterocycles. The van der Waals surface area contributed by atoms with Crippen LogP contribution in [0.4, 0.5) is 8.78 Å². The van der Waals surface area contributed by atoms with Crippen molar-refractivity contribution >= 4 is 5.91 Å². The molecule has 2 nitrogen and oxygen atoms in total. The van der Waals surface area contributed by atoms with Gasteiger partial charge < -0.3 is 5.32 Å². The largest absolute Gasteiger partial charge is 0.347 e. The molecule has 1 aliphatic carbocycles. The molecule has 0 aromatic heterocycles. The molecular weight excluding hydrogens is 320 g/mol. The molecule has 2 atom stereocenters. The summed E-state index contributed by atoms with van der Waals surface area (Å²) in [6, 6.07) is 0.171. The smallest absolute Gasteiger partial charge is 0.279 e. The van der Waals surface area contributed by atoms with Gasteiger partial charge in [0.25, 0.3) is 5.91 Å². The predicted molar refractivity (Wildman–Crippen MR) is 103 cm³/mol. The Kier molecular flexibility index (Phi) is 15.9. The molecule has 1 fully saturated rings. The Morgan fingerprint density at radius 2 is 1.56 bits per heavy atom. The number of nitrogens with one attached hydrogen (secondary N) is 1. The van der Waals surface area contributed by atoms with Gasteiger partial charge in [-0.2, -0.15) is 0 Å². The highest BCUT2D eigenvalue weighted by molar-refractivity contribution is 5.91. The van der Waals surface area contributed by atoms with E-state index >= 15 is 0 Å². The molecule has 25 heavy (non-hydrogen) atoms. The van der Waals surface area contributed by atoms with Crippen molar-refractivity contribution in [2.24, 2.45) is 5.92 Å². The molecule has 0 radical (unpaired) electrons. The van der Waals surface area contributed by atoms with Gasteiger partial charge in [0, 0.05) is 6.04 Å². The molecule has 0 bridgehead atoms. The number of amides is 1. The lowest BCUT2D eigenvalue weighted by molar-refractivity contribution is -0.119. The van der Waals surface area contributed by atoms with Crippen molar-refractivity contribution in [1.82, 2.24) is 5.32 Å². The molecule has 4 heteroatoms. The molecule has 1 saturated carbocycles. The summed E-state index contributed by atoms with van der Waals surface area (Å²) in [5, 5.41) is 2.81. The van der Waals surface area contributed by atoms with Gasteiger partial charge in [-0.05, 0) is 44.1 Å². The Labute approximate surface area is 153 Å². The Bertz CT molecular complexity index is 358. The lowest BCUT2D eigenvalue weighted by Gasteiger charge is -2.11. The first-order valence-corrected chi connectivity index (χ1v) is 10.2. The van der Waals surface area contributed by atoms with Crippen molar-refractivity contribution in [1.29, 1.82) is 0 Å². The van der Waals surface area contributed by atoms with Crippen molar-refractivity contribution < 1.29 is 13.6 Å². The van der Waals surface area contributed by atoms with E-state index in [4.69, 9.17) is 0 Å². The molecular formula is C21H39F2NO. The van der Waals surface area contributed by atoms with E-state index in [2.05, 4.69) is 19.2 Å². The van der Waals surface area contributed by atoms with Crippen molar-refractivity contribution in [3.8, 4) is 0 Å². The van der Waals surface area contributed by atoms with E-state index in [1.165, 1.54) is 51.0 Å². The van der Waals surface area contributed by atoms with Gasteiger partial charge in [0.2, 0.25) is 0 Å². The van der Waals surface area contributed by atoms with Crippen LogP contribution in [0.5, 0.6) is 0 Å². The van der Waals surface area contributed by atoms with Crippen molar-refractivity contribution in [3.05, 3.63) is 11.9 Å².